The Morgan fingerprint density at radius 3 is 2.54 bits per heavy atom. The molecule has 0 radical (unpaired) electrons. The first-order valence-corrected chi connectivity index (χ1v) is 9.76. The lowest BCUT2D eigenvalue weighted by Crippen LogP contribution is -2.50. The molecule has 1 aliphatic heterocycles. The Morgan fingerprint density at radius 2 is 1.86 bits per heavy atom. The molecular formula is C20H25N7O. The molecule has 1 saturated heterocycles. The number of piperazine rings is 1. The first-order valence-electron chi connectivity index (χ1n) is 9.76. The number of urea groups is 1. The van der Waals surface area contributed by atoms with Gasteiger partial charge in [0.2, 0.25) is 5.95 Å². The fourth-order valence-electron chi connectivity index (χ4n) is 3.65. The molecule has 1 fully saturated rings. The van der Waals surface area contributed by atoms with E-state index in [1.165, 1.54) is 0 Å². The molecule has 0 atom stereocenters. The molecule has 0 unspecified atom stereocenters. The van der Waals surface area contributed by atoms with Crippen LogP contribution in [-0.4, -0.2) is 56.6 Å². The highest BCUT2D eigenvalue weighted by atomic mass is 16.2. The van der Waals surface area contributed by atoms with Crippen molar-refractivity contribution >= 4 is 28.7 Å². The lowest BCUT2D eigenvalue weighted by atomic mass is 10.2. The first kappa shape index (κ1) is 18.2. The Morgan fingerprint density at radius 1 is 1.11 bits per heavy atom. The molecule has 0 bridgehead atoms. The Labute approximate surface area is 164 Å². The number of fused-ring (bicyclic) bond motifs is 1. The molecule has 146 valence electrons. The third-order valence-electron chi connectivity index (χ3n) is 5.11. The topological polar surface area (TPSA) is 79.2 Å². The van der Waals surface area contributed by atoms with Gasteiger partial charge in [0.25, 0.3) is 0 Å². The minimum absolute atomic E-state index is 0.0846. The molecule has 3 heterocycles. The van der Waals surface area contributed by atoms with Crippen molar-refractivity contribution in [3.8, 4) is 0 Å². The number of aromatic nitrogens is 4. The molecule has 8 nitrogen and oxygen atoms in total. The normalized spacial score (nSPS) is 14.5. The van der Waals surface area contributed by atoms with E-state index in [9.17, 15) is 4.79 Å². The predicted molar refractivity (Wildman–Crippen MR) is 110 cm³/mol. The van der Waals surface area contributed by atoms with E-state index in [4.69, 9.17) is 4.98 Å². The van der Waals surface area contributed by atoms with Gasteiger partial charge in [-0.1, -0.05) is 6.92 Å². The van der Waals surface area contributed by atoms with E-state index in [0.29, 0.717) is 19.0 Å². The van der Waals surface area contributed by atoms with Crippen LogP contribution in [0.2, 0.25) is 0 Å². The van der Waals surface area contributed by atoms with E-state index in [-0.39, 0.29) is 6.03 Å². The molecule has 1 aromatic carbocycles. The molecule has 3 aromatic rings. The highest BCUT2D eigenvalue weighted by Gasteiger charge is 2.22. The molecule has 2 aromatic heterocycles. The second kappa shape index (κ2) is 7.84. The van der Waals surface area contributed by atoms with Crippen molar-refractivity contribution < 1.29 is 4.79 Å². The number of amides is 2. The average molecular weight is 379 g/mol. The highest BCUT2D eigenvalue weighted by Crippen LogP contribution is 2.21. The van der Waals surface area contributed by atoms with Crippen molar-refractivity contribution in [2.45, 2.75) is 26.8 Å². The van der Waals surface area contributed by atoms with Crippen molar-refractivity contribution in [1.29, 1.82) is 0 Å². The Hall–Kier alpha value is -3.16. The number of imidazole rings is 1. The van der Waals surface area contributed by atoms with Crippen LogP contribution < -0.4 is 10.2 Å². The standard InChI is InChI=1S/C20H25N7O/c1-3-18-24-16-14-15(6-7-17(16)27(18)4-2)23-20(28)26-12-10-25(11-13-26)19-21-8-5-9-22-19/h5-9,14H,3-4,10-13H2,1-2H3,(H,23,28). The van der Waals surface area contributed by atoms with E-state index in [2.05, 4.69) is 38.6 Å². The van der Waals surface area contributed by atoms with Gasteiger partial charge in [-0.15, -0.1) is 0 Å². The number of aryl methyl sites for hydroxylation is 2. The number of carbonyl (C=O) groups is 1. The van der Waals surface area contributed by atoms with Gasteiger partial charge < -0.3 is 19.7 Å². The van der Waals surface area contributed by atoms with Gasteiger partial charge in [0.1, 0.15) is 5.82 Å². The fraction of sp³-hybridized carbons (Fsp3) is 0.400. The van der Waals surface area contributed by atoms with Crippen LogP contribution in [0.3, 0.4) is 0 Å². The van der Waals surface area contributed by atoms with Crippen molar-refractivity contribution in [2.24, 2.45) is 0 Å². The van der Waals surface area contributed by atoms with E-state index >= 15 is 0 Å². The minimum atomic E-state index is -0.0846. The molecule has 8 heteroatoms. The zero-order chi connectivity index (χ0) is 19.5. The second-order valence-electron chi connectivity index (χ2n) is 6.78. The van der Waals surface area contributed by atoms with Crippen LogP contribution in [0.4, 0.5) is 16.4 Å². The average Bonchev–Trinajstić information content (AvgIpc) is 3.11. The minimum Gasteiger partial charge on any atom is -0.337 e. The zero-order valence-electron chi connectivity index (χ0n) is 16.3. The molecule has 28 heavy (non-hydrogen) atoms. The summed E-state index contributed by atoms with van der Waals surface area (Å²) >= 11 is 0. The third-order valence-corrected chi connectivity index (χ3v) is 5.11. The lowest BCUT2D eigenvalue weighted by molar-refractivity contribution is 0.208. The van der Waals surface area contributed by atoms with Gasteiger partial charge in [-0.3, -0.25) is 0 Å². The van der Waals surface area contributed by atoms with Crippen molar-refractivity contribution in [3.05, 3.63) is 42.5 Å². The molecule has 0 saturated carbocycles. The van der Waals surface area contributed by atoms with Crippen molar-refractivity contribution in [2.75, 3.05) is 36.4 Å². The van der Waals surface area contributed by atoms with E-state index < -0.39 is 0 Å². The maximum absolute atomic E-state index is 12.7. The number of benzene rings is 1. The zero-order valence-corrected chi connectivity index (χ0v) is 16.3. The van der Waals surface area contributed by atoms with Gasteiger partial charge in [0.15, 0.2) is 0 Å². The Bertz CT molecular complexity index is 961. The fourth-order valence-corrected chi connectivity index (χ4v) is 3.65. The van der Waals surface area contributed by atoms with Crippen LogP contribution in [0.25, 0.3) is 11.0 Å². The van der Waals surface area contributed by atoms with Crippen LogP contribution in [-0.2, 0) is 13.0 Å². The van der Waals surface area contributed by atoms with Crippen molar-refractivity contribution in [1.82, 2.24) is 24.4 Å². The Balaban J connectivity index is 1.41. The monoisotopic (exact) mass is 379 g/mol. The quantitative estimate of drug-likeness (QED) is 0.754. The maximum Gasteiger partial charge on any atom is 0.321 e. The predicted octanol–water partition coefficient (Wildman–Crippen LogP) is 2.76. The summed E-state index contributed by atoms with van der Waals surface area (Å²) in [5, 5.41) is 3.01. The summed E-state index contributed by atoms with van der Waals surface area (Å²) in [5.41, 5.74) is 2.80. The first-order chi connectivity index (χ1) is 13.7. The van der Waals surface area contributed by atoms with Crippen LogP contribution in [0.5, 0.6) is 0 Å². The summed E-state index contributed by atoms with van der Waals surface area (Å²) < 4.78 is 2.21. The number of anilines is 2. The molecule has 1 aliphatic rings. The SMILES string of the molecule is CCc1nc2cc(NC(=O)N3CCN(c4ncccn4)CC3)ccc2n1CC. The van der Waals surface area contributed by atoms with Gasteiger partial charge in [-0.05, 0) is 31.2 Å². The number of nitrogens with zero attached hydrogens (tertiary/aromatic N) is 6. The number of rotatable bonds is 4. The van der Waals surface area contributed by atoms with Crippen LogP contribution >= 0.6 is 0 Å². The van der Waals surface area contributed by atoms with E-state index in [1.54, 1.807) is 18.5 Å². The molecular weight excluding hydrogens is 354 g/mol. The number of nitrogens with one attached hydrogen (secondary N) is 1. The highest BCUT2D eigenvalue weighted by molar-refractivity contribution is 5.92. The molecule has 4 rings (SSSR count). The van der Waals surface area contributed by atoms with E-state index in [0.717, 1.165) is 48.6 Å². The summed E-state index contributed by atoms with van der Waals surface area (Å²) in [6.45, 7) is 7.83. The summed E-state index contributed by atoms with van der Waals surface area (Å²) in [6.07, 6.45) is 4.36. The van der Waals surface area contributed by atoms with Crippen molar-refractivity contribution in [3.63, 3.8) is 0 Å². The molecule has 0 spiro atoms. The second-order valence-corrected chi connectivity index (χ2v) is 6.78. The van der Waals surface area contributed by atoms with Gasteiger partial charge in [0.05, 0.1) is 11.0 Å². The number of carbonyl (C=O) groups excluding carboxylic acids is 1. The number of hydrogen-bond donors (Lipinski definition) is 1. The van der Waals surface area contributed by atoms with Crippen LogP contribution in [0.1, 0.15) is 19.7 Å². The van der Waals surface area contributed by atoms with Gasteiger partial charge >= 0.3 is 6.03 Å². The van der Waals surface area contributed by atoms with Crippen LogP contribution in [0, 0.1) is 0 Å². The van der Waals surface area contributed by atoms with Crippen LogP contribution in [0.15, 0.2) is 36.7 Å². The van der Waals surface area contributed by atoms with Gasteiger partial charge in [-0.2, -0.15) is 0 Å². The third kappa shape index (κ3) is 3.49. The summed E-state index contributed by atoms with van der Waals surface area (Å²) in [7, 11) is 0. The lowest BCUT2D eigenvalue weighted by Gasteiger charge is -2.34. The largest absolute Gasteiger partial charge is 0.337 e. The van der Waals surface area contributed by atoms with Gasteiger partial charge in [0, 0.05) is 57.2 Å². The van der Waals surface area contributed by atoms with Gasteiger partial charge in [-0.25, -0.2) is 19.7 Å². The van der Waals surface area contributed by atoms with E-state index in [1.807, 2.05) is 23.1 Å². The maximum atomic E-state index is 12.7. The summed E-state index contributed by atoms with van der Waals surface area (Å²) in [5.74, 6) is 1.78. The molecule has 2 amide bonds. The molecule has 1 N–H and O–H groups in total. The number of hydrogen-bond acceptors (Lipinski definition) is 5. The smallest absolute Gasteiger partial charge is 0.321 e. The summed E-state index contributed by atoms with van der Waals surface area (Å²) in [4.78, 5) is 29.9. The Kier molecular flexibility index (Phi) is 5.10. The summed E-state index contributed by atoms with van der Waals surface area (Å²) in [6, 6.07) is 7.65. The molecule has 0 aliphatic carbocycles.